The van der Waals surface area contributed by atoms with Crippen LogP contribution in [0.15, 0.2) is 36.4 Å². The van der Waals surface area contributed by atoms with Gasteiger partial charge in [0.25, 0.3) is 0 Å². The average Bonchev–Trinajstić information content (AvgIpc) is 2.39. The van der Waals surface area contributed by atoms with Crippen molar-refractivity contribution < 1.29 is 4.21 Å². The summed E-state index contributed by atoms with van der Waals surface area (Å²) < 4.78 is 12.1. The molecule has 96 valence electrons. The largest absolute Gasteiger partial charge is 0.330 e. The number of aromatic nitrogens is 1. The number of para-hydroxylation sites is 1. The summed E-state index contributed by atoms with van der Waals surface area (Å²) in [5.74, 6) is 0.506. The predicted octanol–water partition coefficient (Wildman–Crippen LogP) is 2.22. The van der Waals surface area contributed by atoms with Crippen molar-refractivity contribution in [3.8, 4) is 0 Å². The van der Waals surface area contributed by atoms with Crippen LogP contribution in [0.25, 0.3) is 10.9 Å². The van der Waals surface area contributed by atoms with Gasteiger partial charge in [0.05, 0.1) is 17.0 Å². The molecule has 2 unspecified atom stereocenters. The topological polar surface area (TPSA) is 56.0 Å². The molecule has 0 radical (unpaired) electrons. The molecule has 0 aliphatic rings. The molecule has 0 bridgehead atoms. The van der Waals surface area contributed by atoms with Crippen LogP contribution in [0.4, 0.5) is 0 Å². The number of pyridine rings is 1. The van der Waals surface area contributed by atoms with Crippen LogP contribution in [0.5, 0.6) is 0 Å². The minimum Gasteiger partial charge on any atom is -0.330 e. The molecule has 0 fully saturated rings. The Morgan fingerprint density at radius 1 is 1.28 bits per heavy atom. The lowest BCUT2D eigenvalue weighted by Crippen LogP contribution is -2.17. The summed E-state index contributed by atoms with van der Waals surface area (Å²) in [5.41, 5.74) is 7.33. The molecular formula is C14H18N2OS. The molecule has 0 amide bonds. The van der Waals surface area contributed by atoms with E-state index >= 15 is 0 Å². The Balaban J connectivity index is 2.14. The van der Waals surface area contributed by atoms with Gasteiger partial charge >= 0.3 is 0 Å². The fraction of sp³-hybridized carbons (Fsp3) is 0.357. The van der Waals surface area contributed by atoms with E-state index in [0.29, 0.717) is 12.3 Å². The second kappa shape index (κ2) is 6.07. The van der Waals surface area contributed by atoms with E-state index in [2.05, 4.69) is 4.98 Å². The smallest absolute Gasteiger partial charge is 0.0705 e. The summed E-state index contributed by atoms with van der Waals surface area (Å²) in [7, 11) is -0.901. The fourth-order valence-electron chi connectivity index (χ4n) is 1.84. The van der Waals surface area contributed by atoms with Crippen molar-refractivity contribution in [3.05, 3.63) is 42.1 Å². The lowest BCUT2D eigenvalue weighted by molar-refractivity contribution is 0.665. The van der Waals surface area contributed by atoms with Crippen LogP contribution < -0.4 is 5.73 Å². The Hall–Kier alpha value is -1.26. The van der Waals surface area contributed by atoms with Crippen LogP contribution in [-0.4, -0.2) is 21.0 Å². The van der Waals surface area contributed by atoms with Crippen molar-refractivity contribution in [1.29, 1.82) is 0 Å². The van der Waals surface area contributed by atoms with E-state index in [1.165, 1.54) is 0 Å². The second-order valence-electron chi connectivity index (χ2n) is 4.41. The molecule has 2 atom stereocenters. The van der Waals surface area contributed by atoms with Gasteiger partial charge in [-0.15, -0.1) is 0 Å². The van der Waals surface area contributed by atoms with Crippen molar-refractivity contribution in [3.63, 3.8) is 0 Å². The first-order chi connectivity index (χ1) is 8.70. The molecule has 2 aromatic rings. The summed E-state index contributed by atoms with van der Waals surface area (Å²) in [6.07, 6.45) is 0.792. The summed E-state index contributed by atoms with van der Waals surface area (Å²) in [5, 5.41) is 1.24. The van der Waals surface area contributed by atoms with Crippen molar-refractivity contribution in [2.45, 2.75) is 24.3 Å². The number of hydrogen-bond acceptors (Lipinski definition) is 3. The Morgan fingerprint density at radius 3 is 2.83 bits per heavy atom. The number of nitrogens with zero attached hydrogens (tertiary/aromatic N) is 1. The fourth-order valence-corrected chi connectivity index (χ4v) is 2.98. The molecule has 3 nitrogen and oxygen atoms in total. The minimum absolute atomic E-state index is 0.128. The highest BCUT2D eigenvalue weighted by Crippen LogP contribution is 2.14. The summed E-state index contributed by atoms with van der Waals surface area (Å²) in [6.45, 7) is 2.56. The minimum atomic E-state index is -0.901. The molecule has 0 saturated carbocycles. The van der Waals surface area contributed by atoms with E-state index in [-0.39, 0.29) is 5.25 Å². The monoisotopic (exact) mass is 262 g/mol. The summed E-state index contributed by atoms with van der Waals surface area (Å²) >= 11 is 0. The van der Waals surface area contributed by atoms with Crippen molar-refractivity contribution in [1.82, 2.24) is 4.98 Å². The second-order valence-corrected chi connectivity index (χ2v) is 6.26. The lowest BCUT2D eigenvalue weighted by atomic mass is 10.2. The third-order valence-corrected chi connectivity index (χ3v) is 4.68. The normalized spacial score (nSPS) is 14.6. The van der Waals surface area contributed by atoms with Gasteiger partial charge in [0, 0.05) is 21.4 Å². The standard InChI is InChI=1S/C14H18N2OS/c1-11(8-9-15)18(17)10-13-7-6-12-4-2-3-5-14(12)16-13/h2-7,11H,8-10,15H2,1H3. The molecule has 1 heterocycles. The van der Waals surface area contributed by atoms with Crippen LogP contribution >= 0.6 is 0 Å². The zero-order valence-electron chi connectivity index (χ0n) is 10.5. The Morgan fingerprint density at radius 2 is 2.06 bits per heavy atom. The molecule has 0 aliphatic heterocycles. The number of nitrogens with two attached hydrogens (primary N) is 1. The highest BCUT2D eigenvalue weighted by molar-refractivity contribution is 7.84. The maximum absolute atomic E-state index is 12.1. The van der Waals surface area contributed by atoms with Gasteiger partial charge in [-0.1, -0.05) is 31.2 Å². The zero-order valence-corrected chi connectivity index (χ0v) is 11.3. The van der Waals surface area contributed by atoms with Gasteiger partial charge in [-0.3, -0.25) is 9.19 Å². The zero-order chi connectivity index (χ0) is 13.0. The van der Waals surface area contributed by atoms with E-state index in [1.54, 1.807) is 0 Å². The van der Waals surface area contributed by atoms with Crippen LogP contribution in [-0.2, 0) is 16.6 Å². The first kappa shape index (κ1) is 13.2. The molecule has 2 N–H and O–H groups in total. The first-order valence-electron chi connectivity index (χ1n) is 6.12. The Bertz CT molecular complexity index is 556. The molecular weight excluding hydrogens is 244 g/mol. The molecule has 0 aliphatic carbocycles. The first-order valence-corrected chi connectivity index (χ1v) is 7.51. The van der Waals surface area contributed by atoms with Crippen LogP contribution in [0, 0.1) is 0 Å². The molecule has 4 heteroatoms. The van der Waals surface area contributed by atoms with Crippen LogP contribution in [0.3, 0.4) is 0 Å². The lowest BCUT2D eigenvalue weighted by Gasteiger charge is -2.09. The van der Waals surface area contributed by atoms with Gasteiger partial charge in [0.15, 0.2) is 0 Å². The Kier molecular flexibility index (Phi) is 4.44. The third-order valence-electron chi connectivity index (χ3n) is 2.97. The van der Waals surface area contributed by atoms with Gasteiger partial charge in [0.1, 0.15) is 0 Å². The number of hydrogen-bond donors (Lipinski definition) is 1. The van der Waals surface area contributed by atoms with E-state index < -0.39 is 10.8 Å². The number of fused-ring (bicyclic) bond motifs is 1. The quantitative estimate of drug-likeness (QED) is 0.899. The summed E-state index contributed by atoms with van der Waals surface area (Å²) in [6, 6.07) is 11.9. The molecule has 2 rings (SSSR count). The number of benzene rings is 1. The highest BCUT2D eigenvalue weighted by Gasteiger charge is 2.11. The SMILES string of the molecule is CC(CCN)S(=O)Cc1ccc2ccccc2n1. The van der Waals surface area contributed by atoms with Crippen molar-refractivity contribution >= 4 is 21.7 Å². The highest BCUT2D eigenvalue weighted by atomic mass is 32.2. The maximum Gasteiger partial charge on any atom is 0.0705 e. The Labute approximate surface area is 110 Å². The van der Waals surface area contributed by atoms with Gasteiger partial charge in [-0.2, -0.15) is 0 Å². The van der Waals surface area contributed by atoms with Gasteiger partial charge in [-0.25, -0.2) is 0 Å². The van der Waals surface area contributed by atoms with Gasteiger partial charge in [-0.05, 0) is 25.1 Å². The predicted molar refractivity (Wildman–Crippen MR) is 76.7 cm³/mol. The van der Waals surface area contributed by atoms with Crippen LogP contribution in [0.2, 0.25) is 0 Å². The van der Waals surface area contributed by atoms with Crippen molar-refractivity contribution in [2.75, 3.05) is 6.54 Å². The van der Waals surface area contributed by atoms with E-state index in [1.807, 2.05) is 43.3 Å². The molecule has 0 spiro atoms. The molecule has 0 saturated heterocycles. The van der Waals surface area contributed by atoms with E-state index in [9.17, 15) is 4.21 Å². The van der Waals surface area contributed by atoms with E-state index in [4.69, 9.17) is 5.73 Å². The molecule has 1 aromatic carbocycles. The van der Waals surface area contributed by atoms with Gasteiger partial charge in [0.2, 0.25) is 0 Å². The summed E-state index contributed by atoms with van der Waals surface area (Å²) in [4.78, 5) is 4.53. The number of rotatable bonds is 5. The van der Waals surface area contributed by atoms with Crippen LogP contribution in [0.1, 0.15) is 19.0 Å². The van der Waals surface area contributed by atoms with E-state index in [0.717, 1.165) is 23.0 Å². The molecule has 18 heavy (non-hydrogen) atoms. The average molecular weight is 262 g/mol. The maximum atomic E-state index is 12.1. The third kappa shape index (κ3) is 3.15. The van der Waals surface area contributed by atoms with Crippen molar-refractivity contribution in [2.24, 2.45) is 5.73 Å². The van der Waals surface area contributed by atoms with Gasteiger partial charge < -0.3 is 5.73 Å². The molecule has 1 aromatic heterocycles.